The van der Waals surface area contributed by atoms with Gasteiger partial charge in [0.2, 0.25) is 0 Å². The van der Waals surface area contributed by atoms with E-state index in [2.05, 4.69) is 17.4 Å². The zero-order valence-electron chi connectivity index (χ0n) is 10.2. The van der Waals surface area contributed by atoms with Crippen LogP contribution in [0.15, 0.2) is 59.5 Å². The number of nitrogens with one attached hydrogen (secondary N) is 1. The fourth-order valence-electron chi connectivity index (χ4n) is 1.62. The monoisotopic (exact) mass is 257 g/mol. The van der Waals surface area contributed by atoms with E-state index in [1.807, 2.05) is 48.7 Å². The Bertz CT molecular complexity index is 508. The minimum atomic E-state index is -0.0375. The molecule has 0 spiro atoms. The Morgan fingerprint density at radius 1 is 1.06 bits per heavy atom. The summed E-state index contributed by atoms with van der Waals surface area (Å²) in [6.07, 6.45) is 2.05. The first-order valence-electron chi connectivity index (χ1n) is 5.76. The summed E-state index contributed by atoms with van der Waals surface area (Å²) in [5.41, 5.74) is 1.80. The van der Waals surface area contributed by atoms with Crippen LogP contribution in [0.25, 0.3) is 0 Å². The van der Waals surface area contributed by atoms with E-state index in [1.54, 1.807) is 11.8 Å². The topological polar surface area (TPSA) is 29.1 Å². The van der Waals surface area contributed by atoms with Gasteiger partial charge >= 0.3 is 0 Å². The molecule has 0 heterocycles. The largest absolute Gasteiger partial charge is 0.348 e. The number of carbonyl (C=O) groups excluding carboxylic acids is 1. The zero-order chi connectivity index (χ0) is 12.8. The van der Waals surface area contributed by atoms with Crippen LogP contribution in [0.5, 0.6) is 0 Å². The molecule has 92 valence electrons. The van der Waals surface area contributed by atoms with Crippen molar-refractivity contribution in [2.45, 2.75) is 11.4 Å². The minimum Gasteiger partial charge on any atom is -0.348 e. The van der Waals surface area contributed by atoms with Gasteiger partial charge in [-0.1, -0.05) is 30.3 Å². The zero-order valence-corrected chi connectivity index (χ0v) is 11.0. The molecule has 0 aromatic heterocycles. The molecule has 0 aliphatic carbocycles. The predicted octanol–water partition coefficient (Wildman–Crippen LogP) is 3.34. The van der Waals surface area contributed by atoms with Crippen LogP contribution in [0.2, 0.25) is 0 Å². The average Bonchev–Trinajstić information content (AvgIpc) is 2.46. The lowest BCUT2D eigenvalue weighted by Gasteiger charge is -2.06. The lowest BCUT2D eigenvalue weighted by molar-refractivity contribution is 0.0951. The number of hydrogen-bond acceptors (Lipinski definition) is 2. The van der Waals surface area contributed by atoms with E-state index in [0.717, 1.165) is 5.56 Å². The Hall–Kier alpha value is -1.74. The van der Waals surface area contributed by atoms with Crippen LogP contribution >= 0.6 is 11.8 Å². The van der Waals surface area contributed by atoms with Crippen molar-refractivity contribution in [3.05, 3.63) is 65.7 Å². The van der Waals surface area contributed by atoms with Gasteiger partial charge in [-0.3, -0.25) is 4.79 Å². The highest BCUT2D eigenvalue weighted by atomic mass is 32.2. The summed E-state index contributed by atoms with van der Waals surface area (Å²) < 4.78 is 0. The van der Waals surface area contributed by atoms with Crippen LogP contribution in [0.3, 0.4) is 0 Å². The number of hydrogen-bond donors (Lipinski definition) is 1. The first-order valence-corrected chi connectivity index (χ1v) is 6.98. The molecule has 0 saturated carbocycles. The van der Waals surface area contributed by atoms with E-state index in [1.165, 1.54) is 4.90 Å². The fourth-order valence-corrected chi connectivity index (χ4v) is 2.03. The summed E-state index contributed by atoms with van der Waals surface area (Å²) in [5, 5.41) is 2.91. The summed E-state index contributed by atoms with van der Waals surface area (Å²) in [4.78, 5) is 13.1. The highest BCUT2D eigenvalue weighted by Crippen LogP contribution is 2.14. The third-order valence-electron chi connectivity index (χ3n) is 2.65. The quantitative estimate of drug-likeness (QED) is 0.851. The summed E-state index contributed by atoms with van der Waals surface area (Å²) in [6.45, 7) is 0.558. The van der Waals surface area contributed by atoms with E-state index in [0.29, 0.717) is 12.1 Å². The van der Waals surface area contributed by atoms with Crippen molar-refractivity contribution in [2.24, 2.45) is 0 Å². The average molecular weight is 257 g/mol. The molecule has 0 atom stereocenters. The Balaban J connectivity index is 1.93. The molecule has 2 aromatic rings. The fraction of sp³-hybridized carbons (Fsp3) is 0.133. The maximum absolute atomic E-state index is 11.8. The molecule has 0 unspecified atom stereocenters. The molecule has 1 amide bonds. The van der Waals surface area contributed by atoms with E-state index >= 15 is 0 Å². The molecule has 2 aromatic carbocycles. The molecule has 18 heavy (non-hydrogen) atoms. The van der Waals surface area contributed by atoms with Gasteiger partial charge in [-0.25, -0.2) is 0 Å². The number of amides is 1. The van der Waals surface area contributed by atoms with Crippen LogP contribution < -0.4 is 5.32 Å². The van der Waals surface area contributed by atoms with E-state index in [9.17, 15) is 4.79 Å². The van der Waals surface area contributed by atoms with Crippen LogP contribution in [0.1, 0.15) is 15.9 Å². The molecule has 0 fully saturated rings. The smallest absolute Gasteiger partial charge is 0.251 e. The van der Waals surface area contributed by atoms with Gasteiger partial charge in [0.25, 0.3) is 5.91 Å². The van der Waals surface area contributed by atoms with E-state index in [4.69, 9.17) is 0 Å². The molecular formula is C15H15NOS. The van der Waals surface area contributed by atoms with Crippen molar-refractivity contribution in [3.8, 4) is 0 Å². The Kier molecular flexibility index (Phi) is 4.42. The highest BCUT2D eigenvalue weighted by molar-refractivity contribution is 7.98. The Morgan fingerprint density at radius 2 is 1.72 bits per heavy atom. The van der Waals surface area contributed by atoms with Gasteiger partial charge in [0.05, 0.1) is 0 Å². The maximum atomic E-state index is 11.8. The number of benzene rings is 2. The molecule has 1 N–H and O–H groups in total. The first kappa shape index (κ1) is 12.7. The second kappa shape index (κ2) is 6.26. The summed E-state index contributed by atoms with van der Waals surface area (Å²) in [6, 6.07) is 17.5. The van der Waals surface area contributed by atoms with Crippen molar-refractivity contribution in [1.82, 2.24) is 5.32 Å². The summed E-state index contributed by atoms with van der Waals surface area (Å²) in [7, 11) is 0. The standard InChI is InChI=1S/C15H15NOS/c1-18-14-9-7-12(8-10-14)11-16-15(17)13-5-3-2-4-6-13/h2-10H,11H2,1H3,(H,16,17). The van der Waals surface area contributed by atoms with Crippen LogP contribution in [-0.4, -0.2) is 12.2 Å². The third kappa shape index (κ3) is 3.37. The molecule has 0 saturated heterocycles. The van der Waals surface area contributed by atoms with Crippen molar-refractivity contribution in [1.29, 1.82) is 0 Å². The number of thioether (sulfide) groups is 1. The van der Waals surface area contributed by atoms with Gasteiger partial charge < -0.3 is 5.32 Å². The second-order valence-electron chi connectivity index (χ2n) is 3.90. The van der Waals surface area contributed by atoms with Gasteiger partial charge in [-0.2, -0.15) is 0 Å². The van der Waals surface area contributed by atoms with Gasteiger partial charge in [0.15, 0.2) is 0 Å². The molecule has 0 bridgehead atoms. The van der Waals surface area contributed by atoms with Gasteiger partial charge in [-0.05, 0) is 36.1 Å². The van der Waals surface area contributed by atoms with Gasteiger partial charge in [0, 0.05) is 17.0 Å². The SMILES string of the molecule is CSc1ccc(CNC(=O)c2ccccc2)cc1. The molecule has 0 aliphatic rings. The molecule has 0 aliphatic heterocycles. The normalized spacial score (nSPS) is 10.1. The van der Waals surface area contributed by atoms with Crippen LogP contribution in [-0.2, 0) is 6.54 Å². The molecular weight excluding hydrogens is 242 g/mol. The van der Waals surface area contributed by atoms with Crippen molar-refractivity contribution < 1.29 is 4.79 Å². The molecule has 0 radical (unpaired) electrons. The summed E-state index contributed by atoms with van der Waals surface area (Å²) >= 11 is 1.71. The first-order chi connectivity index (χ1) is 8.79. The molecule has 3 heteroatoms. The van der Waals surface area contributed by atoms with E-state index < -0.39 is 0 Å². The predicted molar refractivity (Wildman–Crippen MR) is 75.8 cm³/mol. The van der Waals surface area contributed by atoms with Crippen molar-refractivity contribution in [3.63, 3.8) is 0 Å². The maximum Gasteiger partial charge on any atom is 0.251 e. The highest BCUT2D eigenvalue weighted by Gasteiger charge is 2.03. The number of rotatable bonds is 4. The van der Waals surface area contributed by atoms with Crippen LogP contribution in [0, 0.1) is 0 Å². The molecule has 2 nitrogen and oxygen atoms in total. The molecule has 2 rings (SSSR count). The Labute approximate surface area is 111 Å². The van der Waals surface area contributed by atoms with E-state index in [-0.39, 0.29) is 5.91 Å². The van der Waals surface area contributed by atoms with Crippen molar-refractivity contribution in [2.75, 3.05) is 6.26 Å². The third-order valence-corrected chi connectivity index (χ3v) is 3.39. The minimum absolute atomic E-state index is 0.0375. The van der Waals surface area contributed by atoms with Gasteiger partial charge in [0.1, 0.15) is 0 Å². The number of carbonyl (C=O) groups is 1. The van der Waals surface area contributed by atoms with Crippen molar-refractivity contribution >= 4 is 17.7 Å². The lowest BCUT2D eigenvalue weighted by atomic mass is 10.2. The lowest BCUT2D eigenvalue weighted by Crippen LogP contribution is -2.22. The summed E-state index contributed by atoms with van der Waals surface area (Å²) in [5.74, 6) is -0.0375. The second-order valence-corrected chi connectivity index (χ2v) is 4.78. The van der Waals surface area contributed by atoms with Crippen LogP contribution in [0.4, 0.5) is 0 Å². The Morgan fingerprint density at radius 3 is 2.33 bits per heavy atom. The van der Waals surface area contributed by atoms with Gasteiger partial charge in [-0.15, -0.1) is 11.8 Å².